The fourth-order valence-corrected chi connectivity index (χ4v) is 3.05. The number of benzene rings is 1. The number of carbonyl (C=O) groups excluding carboxylic acids is 1. The molecule has 0 atom stereocenters. The van der Waals surface area contributed by atoms with Gasteiger partial charge in [0.25, 0.3) is 0 Å². The third-order valence-corrected chi connectivity index (χ3v) is 4.52. The van der Waals surface area contributed by atoms with Gasteiger partial charge in [-0.15, -0.1) is 0 Å². The van der Waals surface area contributed by atoms with E-state index in [1.807, 2.05) is 60.6 Å². The van der Waals surface area contributed by atoms with Crippen LogP contribution in [-0.2, 0) is 11.3 Å². The van der Waals surface area contributed by atoms with E-state index in [0.29, 0.717) is 5.92 Å². The molecule has 3 rings (SSSR count). The number of aryl methyl sites for hydroxylation is 1. The van der Waals surface area contributed by atoms with Gasteiger partial charge in [-0.05, 0) is 37.3 Å². The molecule has 4 nitrogen and oxygen atoms in total. The third kappa shape index (κ3) is 4.09. The maximum absolute atomic E-state index is 12.3. The normalized spacial score (nSPS) is 16.1. The Kier molecular flexibility index (Phi) is 4.91. The predicted molar refractivity (Wildman–Crippen MR) is 91.7 cm³/mol. The Hall–Kier alpha value is -2.36. The Morgan fingerprint density at radius 3 is 2.65 bits per heavy atom. The van der Waals surface area contributed by atoms with Crippen molar-refractivity contribution in [1.82, 2.24) is 14.5 Å². The molecule has 0 N–H and O–H groups in total. The number of nitrogens with zero attached hydrogens (tertiary/aromatic N) is 3. The number of hydrogen-bond acceptors (Lipinski definition) is 2. The standard InChI is InChI=1S/C19H23N3O/c1-16-20-11-14-22(16)15-18-9-12-21(13-10-18)19(23)8-7-17-5-3-2-4-6-17/h2-8,11,14,18H,9-10,12-13,15H2,1H3/b8-7+. The van der Waals surface area contributed by atoms with Crippen LogP contribution in [0.3, 0.4) is 0 Å². The summed E-state index contributed by atoms with van der Waals surface area (Å²) in [5, 5.41) is 0. The minimum absolute atomic E-state index is 0.117. The highest BCUT2D eigenvalue weighted by molar-refractivity contribution is 5.91. The number of piperidine rings is 1. The van der Waals surface area contributed by atoms with E-state index in [2.05, 4.69) is 9.55 Å². The number of likely N-dealkylation sites (tertiary alicyclic amines) is 1. The van der Waals surface area contributed by atoms with Crippen LogP contribution in [0.5, 0.6) is 0 Å². The van der Waals surface area contributed by atoms with E-state index in [1.54, 1.807) is 6.08 Å². The van der Waals surface area contributed by atoms with Gasteiger partial charge in [0.15, 0.2) is 0 Å². The lowest BCUT2D eigenvalue weighted by atomic mass is 9.96. The number of imidazole rings is 1. The van der Waals surface area contributed by atoms with Gasteiger partial charge in [-0.25, -0.2) is 4.98 Å². The van der Waals surface area contributed by atoms with Gasteiger partial charge in [0.1, 0.15) is 5.82 Å². The molecular weight excluding hydrogens is 286 g/mol. The number of amides is 1. The largest absolute Gasteiger partial charge is 0.339 e. The Morgan fingerprint density at radius 2 is 2.00 bits per heavy atom. The monoisotopic (exact) mass is 309 g/mol. The van der Waals surface area contributed by atoms with E-state index in [9.17, 15) is 4.79 Å². The molecule has 0 bridgehead atoms. The highest BCUT2D eigenvalue weighted by Gasteiger charge is 2.22. The number of rotatable bonds is 4. The van der Waals surface area contributed by atoms with Gasteiger partial charge >= 0.3 is 0 Å². The van der Waals surface area contributed by atoms with Gasteiger partial charge in [-0.2, -0.15) is 0 Å². The molecule has 1 saturated heterocycles. The molecule has 2 aromatic rings. The minimum Gasteiger partial charge on any atom is -0.339 e. The minimum atomic E-state index is 0.117. The zero-order chi connectivity index (χ0) is 16.1. The summed E-state index contributed by atoms with van der Waals surface area (Å²) in [6, 6.07) is 9.94. The van der Waals surface area contributed by atoms with Crippen LogP contribution < -0.4 is 0 Å². The summed E-state index contributed by atoms with van der Waals surface area (Å²) in [6.07, 6.45) is 9.59. The molecule has 0 unspecified atom stereocenters. The summed E-state index contributed by atoms with van der Waals surface area (Å²) in [6.45, 7) is 4.73. The number of hydrogen-bond donors (Lipinski definition) is 0. The molecule has 0 radical (unpaired) electrons. The van der Waals surface area contributed by atoms with Gasteiger partial charge < -0.3 is 9.47 Å². The summed E-state index contributed by atoms with van der Waals surface area (Å²) in [5.41, 5.74) is 1.06. The molecule has 1 aliphatic rings. The predicted octanol–water partition coefficient (Wildman–Crippen LogP) is 3.14. The Morgan fingerprint density at radius 1 is 1.26 bits per heavy atom. The van der Waals surface area contributed by atoms with Crippen LogP contribution in [0, 0.1) is 12.8 Å². The first-order valence-corrected chi connectivity index (χ1v) is 8.22. The summed E-state index contributed by atoms with van der Waals surface area (Å²) in [4.78, 5) is 18.5. The second kappa shape index (κ2) is 7.27. The lowest BCUT2D eigenvalue weighted by Crippen LogP contribution is -2.38. The summed E-state index contributed by atoms with van der Waals surface area (Å²) in [7, 11) is 0. The third-order valence-electron chi connectivity index (χ3n) is 4.52. The first-order valence-electron chi connectivity index (χ1n) is 8.22. The molecule has 23 heavy (non-hydrogen) atoms. The zero-order valence-corrected chi connectivity index (χ0v) is 13.6. The van der Waals surface area contributed by atoms with E-state index in [0.717, 1.165) is 43.9 Å². The molecule has 1 aromatic carbocycles. The molecule has 1 aromatic heterocycles. The average molecular weight is 309 g/mol. The van der Waals surface area contributed by atoms with Gasteiger partial charge in [0, 0.05) is 38.1 Å². The molecule has 0 aliphatic carbocycles. The first kappa shape index (κ1) is 15.5. The number of aromatic nitrogens is 2. The smallest absolute Gasteiger partial charge is 0.246 e. The molecule has 1 fully saturated rings. The maximum Gasteiger partial charge on any atom is 0.246 e. The van der Waals surface area contributed by atoms with E-state index >= 15 is 0 Å². The van der Waals surface area contributed by atoms with E-state index in [4.69, 9.17) is 0 Å². The Labute approximate surface area is 137 Å². The Balaban J connectivity index is 1.49. The second-order valence-electron chi connectivity index (χ2n) is 6.14. The van der Waals surface area contributed by atoms with E-state index in [1.165, 1.54) is 0 Å². The van der Waals surface area contributed by atoms with Crippen LogP contribution in [0.2, 0.25) is 0 Å². The fourth-order valence-electron chi connectivity index (χ4n) is 3.05. The van der Waals surface area contributed by atoms with Crippen molar-refractivity contribution < 1.29 is 4.79 Å². The second-order valence-corrected chi connectivity index (χ2v) is 6.14. The average Bonchev–Trinajstić information content (AvgIpc) is 2.99. The van der Waals surface area contributed by atoms with Gasteiger partial charge in [-0.3, -0.25) is 4.79 Å². The molecular formula is C19H23N3O. The van der Waals surface area contributed by atoms with Crippen LogP contribution in [0.15, 0.2) is 48.8 Å². The summed E-state index contributed by atoms with van der Waals surface area (Å²) < 4.78 is 2.21. The van der Waals surface area contributed by atoms with Crippen molar-refractivity contribution in [3.63, 3.8) is 0 Å². The summed E-state index contributed by atoms with van der Waals surface area (Å²) in [5.74, 6) is 1.81. The van der Waals surface area contributed by atoms with Crippen molar-refractivity contribution in [2.75, 3.05) is 13.1 Å². The van der Waals surface area contributed by atoms with Crippen molar-refractivity contribution >= 4 is 12.0 Å². The molecule has 1 amide bonds. The molecule has 4 heteroatoms. The quantitative estimate of drug-likeness (QED) is 0.814. The van der Waals surface area contributed by atoms with Crippen LogP contribution in [0.25, 0.3) is 6.08 Å². The SMILES string of the molecule is Cc1nccn1CC1CCN(C(=O)/C=C/c2ccccc2)CC1. The van der Waals surface area contributed by atoms with Crippen molar-refractivity contribution in [3.8, 4) is 0 Å². The van der Waals surface area contributed by atoms with Gasteiger partial charge in [0.05, 0.1) is 0 Å². The lowest BCUT2D eigenvalue weighted by molar-refractivity contribution is -0.127. The lowest BCUT2D eigenvalue weighted by Gasteiger charge is -2.31. The van der Waals surface area contributed by atoms with Crippen LogP contribution >= 0.6 is 0 Å². The Bertz CT molecular complexity index is 667. The maximum atomic E-state index is 12.3. The molecule has 120 valence electrons. The van der Waals surface area contributed by atoms with Crippen LogP contribution in [-0.4, -0.2) is 33.4 Å². The molecule has 0 saturated carbocycles. The summed E-state index contributed by atoms with van der Waals surface area (Å²) >= 11 is 0. The molecule has 2 heterocycles. The van der Waals surface area contributed by atoms with Gasteiger partial charge in [0.2, 0.25) is 5.91 Å². The fraction of sp³-hybridized carbons (Fsp3) is 0.368. The van der Waals surface area contributed by atoms with Crippen molar-refractivity contribution in [1.29, 1.82) is 0 Å². The van der Waals surface area contributed by atoms with Crippen molar-refractivity contribution in [2.45, 2.75) is 26.3 Å². The van der Waals surface area contributed by atoms with Crippen molar-refractivity contribution in [3.05, 3.63) is 60.2 Å². The van der Waals surface area contributed by atoms with Gasteiger partial charge in [-0.1, -0.05) is 30.3 Å². The van der Waals surface area contributed by atoms with Crippen molar-refractivity contribution in [2.24, 2.45) is 5.92 Å². The molecule has 0 spiro atoms. The van der Waals surface area contributed by atoms with E-state index in [-0.39, 0.29) is 5.91 Å². The highest BCUT2D eigenvalue weighted by Crippen LogP contribution is 2.20. The van der Waals surface area contributed by atoms with Crippen LogP contribution in [0.4, 0.5) is 0 Å². The molecule has 1 aliphatic heterocycles. The van der Waals surface area contributed by atoms with Crippen LogP contribution in [0.1, 0.15) is 24.2 Å². The first-order chi connectivity index (χ1) is 11.2. The van der Waals surface area contributed by atoms with E-state index < -0.39 is 0 Å². The highest BCUT2D eigenvalue weighted by atomic mass is 16.2. The topological polar surface area (TPSA) is 38.1 Å². The number of carbonyl (C=O) groups is 1. The zero-order valence-electron chi connectivity index (χ0n) is 13.6.